The largest absolute Gasteiger partial charge is 0.481 e. The van der Waals surface area contributed by atoms with Crippen molar-refractivity contribution in [3.8, 4) is 11.8 Å². The molecule has 0 atom stereocenters. The molecule has 5 heteroatoms. The van der Waals surface area contributed by atoms with Crippen molar-refractivity contribution in [3.05, 3.63) is 60.2 Å². The number of nitriles is 1. The van der Waals surface area contributed by atoms with Crippen LogP contribution in [0.4, 0.5) is 0 Å². The first-order valence-corrected chi connectivity index (χ1v) is 9.92. The second-order valence-electron chi connectivity index (χ2n) is 6.73. The lowest BCUT2D eigenvalue weighted by atomic mass is 10.1. The Labute approximate surface area is 173 Å². The Morgan fingerprint density at radius 2 is 1.62 bits per heavy atom. The molecule has 0 aliphatic carbocycles. The molecule has 0 heterocycles. The number of carbonyl (C=O) groups is 2. The zero-order valence-corrected chi connectivity index (χ0v) is 17.0. The molecule has 0 bridgehead atoms. The van der Waals surface area contributed by atoms with E-state index in [2.05, 4.69) is 12.6 Å². The minimum atomic E-state index is -0.747. The molecular weight excluding hydrogens is 366 g/mol. The second-order valence-corrected chi connectivity index (χ2v) is 6.73. The zero-order chi connectivity index (χ0) is 21.5. The molecule has 0 radical (unpaired) electrons. The lowest BCUT2D eigenvalue weighted by Gasteiger charge is -2.06. The van der Waals surface area contributed by atoms with Crippen LogP contribution in [0.15, 0.2) is 54.6 Å². The van der Waals surface area contributed by atoms with Gasteiger partial charge < -0.3 is 9.84 Å². The van der Waals surface area contributed by atoms with Crippen LogP contribution >= 0.6 is 0 Å². The van der Waals surface area contributed by atoms with Crippen LogP contribution in [0.5, 0.6) is 5.75 Å². The predicted octanol–water partition coefficient (Wildman–Crippen LogP) is 5.84. The van der Waals surface area contributed by atoms with Crippen molar-refractivity contribution in [3.63, 3.8) is 0 Å². The quantitative estimate of drug-likeness (QED) is 0.149. The number of carboxylic acid groups (broad SMARTS) is 1. The van der Waals surface area contributed by atoms with Crippen molar-refractivity contribution in [2.24, 2.45) is 0 Å². The Balaban J connectivity index is 2.30. The highest BCUT2D eigenvalue weighted by atomic mass is 16.5. The van der Waals surface area contributed by atoms with Gasteiger partial charge in [0.1, 0.15) is 5.75 Å². The van der Waals surface area contributed by atoms with Crippen LogP contribution in [-0.4, -0.2) is 17.0 Å². The second kappa shape index (κ2) is 14.0. The fraction of sp³-hybridized carbons (Fsp3) is 0.375. The summed E-state index contributed by atoms with van der Waals surface area (Å²) in [5, 5.41) is 17.5. The van der Waals surface area contributed by atoms with Gasteiger partial charge in [0.2, 0.25) is 0 Å². The standard InChI is InChI=1S/C24H29NO4/c1-3-20(18-25)13-12-19(2)21-14-16-22(17-15-21)29-24(28)11-9-7-5-4-6-8-10-23(26)27/h3,12-17H,2,4-11H2,1H3,(H,26,27)/b13-12-,20-3+. The first-order chi connectivity index (χ1) is 14.0. The minimum absolute atomic E-state index is 0.228. The third-order valence-electron chi connectivity index (χ3n) is 4.38. The molecule has 0 spiro atoms. The van der Waals surface area contributed by atoms with Crippen molar-refractivity contribution in [1.29, 1.82) is 5.26 Å². The number of ether oxygens (including phenoxy) is 1. The monoisotopic (exact) mass is 395 g/mol. The summed E-state index contributed by atoms with van der Waals surface area (Å²) in [6.07, 6.45) is 11.1. The molecule has 0 amide bonds. The minimum Gasteiger partial charge on any atom is -0.481 e. The van der Waals surface area contributed by atoms with Crippen molar-refractivity contribution < 1.29 is 19.4 Å². The van der Waals surface area contributed by atoms with Gasteiger partial charge in [0.05, 0.1) is 6.07 Å². The molecule has 0 aliphatic rings. The van der Waals surface area contributed by atoms with Crippen LogP contribution in [0.2, 0.25) is 0 Å². The van der Waals surface area contributed by atoms with Crippen molar-refractivity contribution in [1.82, 2.24) is 0 Å². The van der Waals surface area contributed by atoms with E-state index in [4.69, 9.17) is 15.1 Å². The van der Waals surface area contributed by atoms with E-state index < -0.39 is 5.97 Å². The summed E-state index contributed by atoms with van der Waals surface area (Å²) < 4.78 is 5.35. The zero-order valence-electron chi connectivity index (χ0n) is 17.0. The topological polar surface area (TPSA) is 87.4 Å². The van der Waals surface area contributed by atoms with E-state index >= 15 is 0 Å². The highest BCUT2D eigenvalue weighted by Crippen LogP contribution is 2.20. The number of hydrogen-bond acceptors (Lipinski definition) is 4. The van der Waals surface area contributed by atoms with Gasteiger partial charge in [0, 0.05) is 18.4 Å². The summed E-state index contributed by atoms with van der Waals surface area (Å²) in [4.78, 5) is 22.3. The van der Waals surface area contributed by atoms with Crippen LogP contribution in [0.25, 0.3) is 5.57 Å². The number of allylic oxidation sites excluding steroid dienone is 5. The number of aliphatic carboxylic acids is 1. The number of unbranched alkanes of at least 4 members (excludes halogenated alkanes) is 5. The Hall–Kier alpha value is -3.13. The number of benzene rings is 1. The lowest BCUT2D eigenvalue weighted by molar-refractivity contribution is -0.137. The molecule has 0 fully saturated rings. The van der Waals surface area contributed by atoms with E-state index in [0.717, 1.165) is 43.2 Å². The lowest BCUT2D eigenvalue weighted by Crippen LogP contribution is -2.07. The van der Waals surface area contributed by atoms with Gasteiger partial charge in [-0.1, -0.05) is 56.5 Å². The van der Waals surface area contributed by atoms with E-state index in [1.807, 2.05) is 12.1 Å². The summed E-state index contributed by atoms with van der Waals surface area (Å²) in [5.74, 6) is -0.507. The summed E-state index contributed by atoms with van der Waals surface area (Å²) in [7, 11) is 0. The number of carboxylic acids is 1. The van der Waals surface area contributed by atoms with Crippen molar-refractivity contribution in [2.75, 3.05) is 0 Å². The highest BCUT2D eigenvalue weighted by molar-refractivity contribution is 5.75. The first-order valence-electron chi connectivity index (χ1n) is 9.92. The maximum absolute atomic E-state index is 11.9. The van der Waals surface area contributed by atoms with Crippen LogP contribution in [0, 0.1) is 11.3 Å². The van der Waals surface area contributed by atoms with E-state index in [9.17, 15) is 9.59 Å². The molecule has 1 aromatic rings. The maximum Gasteiger partial charge on any atom is 0.311 e. The average molecular weight is 395 g/mol. The summed E-state index contributed by atoms with van der Waals surface area (Å²) in [5.41, 5.74) is 2.22. The molecule has 29 heavy (non-hydrogen) atoms. The SMILES string of the molecule is C=C(/C=C\C(C#N)=C/C)c1ccc(OC(=O)CCCCCCCCC(=O)O)cc1. The molecule has 1 N–H and O–H groups in total. The van der Waals surface area contributed by atoms with E-state index in [-0.39, 0.29) is 12.4 Å². The molecule has 0 saturated heterocycles. The van der Waals surface area contributed by atoms with Gasteiger partial charge in [0.25, 0.3) is 0 Å². The summed E-state index contributed by atoms with van der Waals surface area (Å²) in [6, 6.07) is 9.20. The number of carbonyl (C=O) groups excluding carboxylic acids is 1. The third-order valence-corrected chi connectivity index (χ3v) is 4.38. The Morgan fingerprint density at radius 3 is 2.17 bits per heavy atom. The fourth-order valence-electron chi connectivity index (χ4n) is 2.66. The Bertz CT molecular complexity index is 782. The highest BCUT2D eigenvalue weighted by Gasteiger charge is 2.05. The molecule has 0 unspecified atom stereocenters. The van der Waals surface area contributed by atoms with Crippen molar-refractivity contribution >= 4 is 17.5 Å². The molecule has 0 saturated carbocycles. The van der Waals surface area contributed by atoms with Gasteiger partial charge in [-0.05, 0) is 49.1 Å². The summed E-state index contributed by atoms with van der Waals surface area (Å²) >= 11 is 0. The summed E-state index contributed by atoms with van der Waals surface area (Å²) in [6.45, 7) is 5.78. The Kier molecular flexibility index (Phi) is 11.5. The van der Waals surface area contributed by atoms with E-state index in [1.54, 1.807) is 37.3 Å². The number of esters is 1. The smallest absolute Gasteiger partial charge is 0.311 e. The van der Waals surface area contributed by atoms with Gasteiger partial charge in [0.15, 0.2) is 0 Å². The normalized spacial score (nSPS) is 11.2. The average Bonchev–Trinajstić information content (AvgIpc) is 2.71. The van der Waals surface area contributed by atoms with Gasteiger partial charge in [-0.15, -0.1) is 0 Å². The van der Waals surface area contributed by atoms with Crippen molar-refractivity contribution in [2.45, 2.75) is 58.3 Å². The van der Waals surface area contributed by atoms with Crippen LogP contribution < -0.4 is 4.74 Å². The van der Waals surface area contributed by atoms with Crippen LogP contribution in [0.1, 0.15) is 63.9 Å². The van der Waals surface area contributed by atoms with Gasteiger partial charge in [-0.2, -0.15) is 5.26 Å². The number of nitrogens with zero attached hydrogens (tertiary/aromatic N) is 1. The fourth-order valence-corrected chi connectivity index (χ4v) is 2.66. The number of rotatable bonds is 13. The van der Waals surface area contributed by atoms with Gasteiger partial charge in [-0.25, -0.2) is 0 Å². The molecule has 1 aromatic carbocycles. The molecule has 1 rings (SSSR count). The maximum atomic E-state index is 11.9. The van der Waals surface area contributed by atoms with Crippen LogP contribution in [-0.2, 0) is 9.59 Å². The molecular formula is C24H29NO4. The molecule has 5 nitrogen and oxygen atoms in total. The van der Waals surface area contributed by atoms with Gasteiger partial charge in [-0.3, -0.25) is 9.59 Å². The van der Waals surface area contributed by atoms with E-state index in [0.29, 0.717) is 24.2 Å². The Morgan fingerprint density at radius 1 is 1.03 bits per heavy atom. The van der Waals surface area contributed by atoms with E-state index in [1.165, 1.54) is 0 Å². The third kappa shape index (κ3) is 10.7. The predicted molar refractivity (Wildman–Crippen MR) is 114 cm³/mol. The molecule has 154 valence electrons. The molecule has 0 aromatic heterocycles. The van der Waals surface area contributed by atoms with Gasteiger partial charge >= 0.3 is 11.9 Å². The molecule has 0 aliphatic heterocycles. The van der Waals surface area contributed by atoms with Crippen LogP contribution in [0.3, 0.4) is 0 Å². The number of hydrogen-bond donors (Lipinski definition) is 1. The first kappa shape index (κ1) is 23.9.